The Hall–Kier alpha value is -0.0800. The number of nitrogens with zero attached hydrogens (tertiary/aromatic N) is 1. The van der Waals surface area contributed by atoms with Gasteiger partial charge in [-0.15, -0.1) is 0 Å². The smallest absolute Gasteiger partial charge is 0.0244 e. The molecule has 0 radical (unpaired) electrons. The van der Waals surface area contributed by atoms with Crippen LogP contribution in [-0.4, -0.2) is 36.6 Å². The number of hydrogen-bond acceptors (Lipinski definition) is 2. The van der Waals surface area contributed by atoms with E-state index < -0.39 is 0 Å². The molecule has 0 spiro atoms. The topological polar surface area (TPSA) is 15.3 Å². The molecule has 2 nitrogen and oxygen atoms in total. The molecule has 0 bridgehead atoms. The SMILES string of the molecule is CC(C)C1CNC(C2CC2)CN1CC(C)C1CC1. The van der Waals surface area contributed by atoms with Gasteiger partial charge >= 0.3 is 0 Å². The molecule has 3 aliphatic rings. The number of rotatable bonds is 5. The summed E-state index contributed by atoms with van der Waals surface area (Å²) in [7, 11) is 0. The average molecular weight is 250 g/mol. The van der Waals surface area contributed by atoms with E-state index >= 15 is 0 Å². The summed E-state index contributed by atoms with van der Waals surface area (Å²) in [5, 5.41) is 3.82. The summed E-state index contributed by atoms with van der Waals surface area (Å²) in [5.41, 5.74) is 0. The van der Waals surface area contributed by atoms with Gasteiger partial charge in [0, 0.05) is 31.7 Å². The molecule has 1 N–H and O–H groups in total. The zero-order chi connectivity index (χ0) is 12.7. The van der Waals surface area contributed by atoms with Crippen LogP contribution >= 0.6 is 0 Å². The molecule has 0 aromatic rings. The van der Waals surface area contributed by atoms with Gasteiger partial charge in [0.05, 0.1) is 0 Å². The molecule has 3 fully saturated rings. The van der Waals surface area contributed by atoms with Gasteiger partial charge in [-0.2, -0.15) is 0 Å². The lowest BCUT2D eigenvalue weighted by Gasteiger charge is -2.43. The van der Waals surface area contributed by atoms with E-state index in [0.717, 1.165) is 35.8 Å². The Labute approximate surface area is 113 Å². The van der Waals surface area contributed by atoms with Crippen molar-refractivity contribution in [1.29, 1.82) is 0 Å². The second-order valence-electron chi connectivity index (χ2n) is 7.43. The van der Waals surface area contributed by atoms with E-state index in [-0.39, 0.29) is 0 Å². The van der Waals surface area contributed by atoms with E-state index in [2.05, 4.69) is 31.0 Å². The van der Waals surface area contributed by atoms with Crippen LogP contribution < -0.4 is 5.32 Å². The predicted molar refractivity (Wildman–Crippen MR) is 76.6 cm³/mol. The van der Waals surface area contributed by atoms with Crippen LogP contribution in [0.5, 0.6) is 0 Å². The van der Waals surface area contributed by atoms with E-state index in [4.69, 9.17) is 0 Å². The quantitative estimate of drug-likeness (QED) is 0.807. The first-order valence-corrected chi connectivity index (χ1v) is 8.12. The fourth-order valence-corrected chi connectivity index (χ4v) is 3.72. The van der Waals surface area contributed by atoms with E-state index in [1.165, 1.54) is 45.3 Å². The molecule has 1 heterocycles. The fraction of sp³-hybridized carbons (Fsp3) is 1.00. The zero-order valence-corrected chi connectivity index (χ0v) is 12.4. The minimum atomic E-state index is 0.765. The van der Waals surface area contributed by atoms with Crippen LogP contribution in [0.15, 0.2) is 0 Å². The Morgan fingerprint density at radius 2 is 1.83 bits per heavy atom. The van der Waals surface area contributed by atoms with Crippen LogP contribution in [0.25, 0.3) is 0 Å². The highest BCUT2D eigenvalue weighted by Crippen LogP contribution is 2.39. The summed E-state index contributed by atoms with van der Waals surface area (Å²) in [6.07, 6.45) is 5.92. The first kappa shape index (κ1) is 12.9. The molecule has 2 saturated carbocycles. The molecule has 3 rings (SSSR count). The highest BCUT2D eigenvalue weighted by molar-refractivity contribution is 4.96. The maximum absolute atomic E-state index is 3.82. The van der Waals surface area contributed by atoms with Crippen LogP contribution in [0.2, 0.25) is 0 Å². The van der Waals surface area contributed by atoms with Crippen LogP contribution in [0.1, 0.15) is 46.5 Å². The summed E-state index contributed by atoms with van der Waals surface area (Å²) in [4.78, 5) is 2.83. The van der Waals surface area contributed by atoms with Crippen molar-refractivity contribution in [2.24, 2.45) is 23.7 Å². The van der Waals surface area contributed by atoms with Crippen molar-refractivity contribution in [1.82, 2.24) is 10.2 Å². The number of nitrogens with one attached hydrogen (secondary N) is 1. The third-order valence-electron chi connectivity index (χ3n) is 5.40. The molecule has 0 aromatic heterocycles. The molecule has 0 aromatic carbocycles. The van der Waals surface area contributed by atoms with Gasteiger partial charge in [0.2, 0.25) is 0 Å². The van der Waals surface area contributed by atoms with Gasteiger partial charge in [-0.05, 0) is 49.4 Å². The van der Waals surface area contributed by atoms with E-state index in [0.29, 0.717) is 0 Å². The Morgan fingerprint density at radius 3 is 2.39 bits per heavy atom. The van der Waals surface area contributed by atoms with Crippen LogP contribution in [0, 0.1) is 23.7 Å². The minimum Gasteiger partial charge on any atom is -0.311 e. The maximum atomic E-state index is 3.82. The maximum Gasteiger partial charge on any atom is 0.0244 e. The molecule has 2 heteroatoms. The molecule has 3 unspecified atom stereocenters. The highest BCUT2D eigenvalue weighted by atomic mass is 15.2. The van der Waals surface area contributed by atoms with Gasteiger partial charge in [0.15, 0.2) is 0 Å². The Balaban J connectivity index is 1.60. The fourth-order valence-electron chi connectivity index (χ4n) is 3.72. The molecule has 18 heavy (non-hydrogen) atoms. The van der Waals surface area contributed by atoms with Gasteiger partial charge in [-0.3, -0.25) is 4.90 Å². The van der Waals surface area contributed by atoms with Gasteiger partial charge in [-0.25, -0.2) is 0 Å². The monoisotopic (exact) mass is 250 g/mol. The lowest BCUT2D eigenvalue weighted by atomic mass is 9.94. The Bertz CT molecular complexity index is 279. The van der Waals surface area contributed by atoms with Crippen molar-refractivity contribution in [3.63, 3.8) is 0 Å². The third-order valence-corrected chi connectivity index (χ3v) is 5.40. The molecular formula is C16H30N2. The molecule has 3 atom stereocenters. The molecule has 1 saturated heterocycles. The van der Waals surface area contributed by atoms with Gasteiger partial charge in [0.25, 0.3) is 0 Å². The Morgan fingerprint density at radius 1 is 1.11 bits per heavy atom. The van der Waals surface area contributed by atoms with Crippen LogP contribution in [-0.2, 0) is 0 Å². The van der Waals surface area contributed by atoms with Crippen LogP contribution in [0.4, 0.5) is 0 Å². The van der Waals surface area contributed by atoms with E-state index in [9.17, 15) is 0 Å². The summed E-state index contributed by atoms with van der Waals surface area (Å²) >= 11 is 0. The van der Waals surface area contributed by atoms with Gasteiger partial charge < -0.3 is 5.32 Å². The van der Waals surface area contributed by atoms with Crippen molar-refractivity contribution in [3.05, 3.63) is 0 Å². The third kappa shape index (κ3) is 2.91. The normalized spacial score (nSPS) is 36.0. The summed E-state index contributed by atoms with van der Waals surface area (Å²) in [6.45, 7) is 11.1. The minimum absolute atomic E-state index is 0.765. The number of piperazine rings is 1. The van der Waals surface area contributed by atoms with Crippen molar-refractivity contribution in [3.8, 4) is 0 Å². The highest BCUT2D eigenvalue weighted by Gasteiger charge is 2.39. The van der Waals surface area contributed by atoms with E-state index in [1.54, 1.807) is 0 Å². The molecule has 1 aliphatic heterocycles. The zero-order valence-electron chi connectivity index (χ0n) is 12.4. The molecule has 0 amide bonds. The first-order chi connectivity index (χ1) is 8.65. The summed E-state index contributed by atoms with van der Waals surface area (Å²) < 4.78 is 0. The lowest BCUT2D eigenvalue weighted by molar-refractivity contribution is 0.0752. The number of hydrogen-bond donors (Lipinski definition) is 1. The van der Waals surface area contributed by atoms with Gasteiger partial charge in [0.1, 0.15) is 0 Å². The van der Waals surface area contributed by atoms with Crippen molar-refractivity contribution >= 4 is 0 Å². The second kappa shape index (κ2) is 5.13. The van der Waals surface area contributed by atoms with Crippen molar-refractivity contribution < 1.29 is 0 Å². The summed E-state index contributed by atoms with van der Waals surface area (Å²) in [5.74, 6) is 3.75. The van der Waals surface area contributed by atoms with Crippen LogP contribution in [0.3, 0.4) is 0 Å². The van der Waals surface area contributed by atoms with E-state index in [1.807, 2.05) is 0 Å². The average Bonchev–Trinajstić information content (AvgIpc) is 3.17. The first-order valence-electron chi connectivity index (χ1n) is 8.12. The molecular weight excluding hydrogens is 220 g/mol. The predicted octanol–water partition coefficient (Wildman–Crippen LogP) is 2.74. The molecule has 104 valence electrons. The standard InChI is InChI=1S/C16H30N2/c1-11(2)16-8-17-15(14-6-7-14)10-18(16)9-12(3)13-4-5-13/h11-17H,4-10H2,1-3H3. The van der Waals surface area contributed by atoms with Crippen molar-refractivity contribution in [2.45, 2.75) is 58.5 Å². The second-order valence-corrected chi connectivity index (χ2v) is 7.43. The lowest BCUT2D eigenvalue weighted by Crippen LogP contribution is -2.59. The van der Waals surface area contributed by atoms with Crippen molar-refractivity contribution in [2.75, 3.05) is 19.6 Å². The Kier molecular flexibility index (Phi) is 3.68. The van der Waals surface area contributed by atoms with Gasteiger partial charge in [-0.1, -0.05) is 20.8 Å². The molecule has 2 aliphatic carbocycles. The summed E-state index contributed by atoms with van der Waals surface area (Å²) in [6, 6.07) is 1.56. The largest absolute Gasteiger partial charge is 0.311 e.